The Hall–Kier alpha value is -0.860. The van der Waals surface area contributed by atoms with Gasteiger partial charge in [-0.2, -0.15) is 13.2 Å². The van der Waals surface area contributed by atoms with Crippen molar-refractivity contribution in [2.75, 3.05) is 39.4 Å². The van der Waals surface area contributed by atoms with E-state index in [2.05, 4.69) is 5.32 Å². The molecule has 0 aromatic heterocycles. The Morgan fingerprint density at radius 1 is 1.38 bits per heavy atom. The Balaban J connectivity index is 1.88. The number of hydrogen-bond acceptors (Lipinski definition) is 4. The van der Waals surface area contributed by atoms with Crippen LogP contribution in [-0.2, 0) is 14.3 Å². The maximum atomic E-state index is 12.1. The van der Waals surface area contributed by atoms with Gasteiger partial charge in [0.05, 0.1) is 24.8 Å². The zero-order chi connectivity index (χ0) is 15.5. The Labute approximate surface area is 121 Å². The molecule has 2 rings (SSSR count). The predicted molar refractivity (Wildman–Crippen MR) is 68.8 cm³/mol. The SMILES string of the molecule is CC1CN(C(=O)CNCC(F)(F)F)CC2(CCOCC2)O1. The van der Waals surface area contributed by atoms with Gasteiger partial charge < -0.3 is 19.7 Å². The molecule has 0 aromatic carbocycles. The van der Waals surface area contributed by atoms with Gasteiger partial charge in [0.1, 0.15) is 0 Å². The van der Waals surface area contributed by atoms with Crippen molar-refractivity contribution in [2.24, 2.45) is 0 Å². The van der Waals surface area contributed by atoms with Crippen molar-refractivity contribution >= 4 is 5.91 Å². The van der Waals surface area contributed by atoms with Crippen LogP contribution in [0.25, 0.3) is 0 Å². The van der Waals surface area contributed by atoms with Crippen molar-refractivity contribution in [2.45, 2.75) is 37.6 Å². The highest BCUT2D eigenvalue weighted by Crippen LogP contribution is 2.31. The molecule has 8 heteroatoms. The smallest absolute Gasteiger partial charge is 0.381 e. The number of morpholine rings is 1. The lowest BCUT2D eigenvalue weighted by atomic mass is 9.91. The Morgan fingerprint density at radius 3 is 2.67 bits per heavy atom. The lowest BCUT2D eigenvalue weighted by Gasteiger charge is -2.47. The molecule has 2 fully saturated rings. The largest absolute Gasteiger partial charge is 0.401 e. The quantitative estimate of drug-likeness (QED) is 0.843. The molecule has 122 valence electrons. The summed E-state index contributed by atoms with van der Waals surface area (Å²) in [6.45, 7) is 2.42. The third-order valence-electron chi connectivity index (χ3n) is 3.77. The van der Waals surface area contributed by atoms with Gasteiger partial charge in [-0.15, -0.1) is 0 Å². The lowest BCUT2D eigenvalue weighted by Crippen LogP contribution is -2.59. The van der Waals surface area contributed by atoms with E-state index >= 15 is 0 Å². The topological polar surface area (TPSA) is 50.8 Å². The van der Waals surface area contributed by atoms with Crippen LogP contribution in [0.1, 0.15) is 19.8 Å². The highest BCUT2D eigenvalue weighted by Gasteiger charge is 2.42. The second-order valence-corrected chi connectivity index (χ2v) is 5.72. The van der Waals surface area contributed by atoms with Crippen LogP contribution in [-0.4, -0.2) is 68.1 Å². The fraction of sp³-hybridized carbons (Fsp3) is 0.923. The molecule has 2 aliphatic rings. The Morgan fingerprint density at radius 2 is 2.05 bits per heavy atom. The minimum absolute atomic E-state index is 0.122. The van der Waals surface area contributed by atoms with Crippen LogP contribution >= 0.6 is 0 Å². The van der Waals surface area contributed by atoms with Gasteiger partial charge in [0, 0.05) is 39.1 Å². The van der Waals surface area contributed by atoms with Crippen molar-refractivity contribution in [3.05, 3.63) is 0 Å². The van der Waals surface area contributed by atoms with Gasteiger partial charge >= 0.3 is 6.18 Å². The van der Waals surface area contributed by atoms with Gasteiger partial charge in [0.2, 0.25) is 5.91 Å². The number of alkyl halides is 3. The van der Waals surface area contributed by atoms with E-state index in [0.29, 0.717) is 39.1 Å². The first-order chi connectivity index (χ1) is 9.80. The first-order valence-electron chi connectivity index (χ1n) is 7.10. The van der Waals surface area contributed by atoms with E-state index in [4.69, 9.17) is 9.47 Å². The summed E-state index contributed by atoms with van der Waals surface area (Å²) in [4.78, 5) is 13.7. The van der Waals surface area contributed by atoms with Gasteiger partial charge in [-0.25, -0.2) is 0 Å². The summed E-state index contributed by atoms with van der Waals surface area (Å²) in [6.07, 6.45) is -3.02. The van der Waals surface area contributed by atoms with Gasteiger partial charge in [0.25, 0.3) is 0 Å². The van der Waals surface area contributed by atoms with Crippen molar-refractivity contribution in [1.82, 2.24) is 10.2 Å². The second-order valence-electron chi connectivity index (χ2n) is 5.72. The number of carbonyl (C=O) groups excluding carboxylic acids is 1. The lowest BCUT2D eigenvalue weighted by molar-refractivity contribution is -0.189. The number of nitrogens with one attached hydrogen (secondary N) is 1. The van der Waals surface area contributed by atoms with E-state index in [-0.39, 0.29) is 18.6 Å². The zero-order valence-corrected chi connectivity index (χ0v) is 12.0. The number of halogens is 3. The number of rotatable bonds is 3. The minimum Gasteiger partial charge on any atom is -0.381 e. The third-order valence-corrected chi connectivity index (χ3v) is 3.77. The summed E-state index contributed by atoms with van der Waals surface area (Å²) in [6, 6.07) is 0. The zero-order valence-electron chi connectivity index (χ0n) is 12.0. The van der Waals surface area contributed by atoms with Crippen molar-refractivity contribution < 1.29 is 27.4 Å². The van der Waals surface area contributed by atoms with Crippen molar-refractivity contribution in [3.8, 4) is 0 Å². The molecular formula is C13H21F3N2O3. The standard InChI is InChI=1S/C13H21F3N2O3/c1-10-7-18(11(19)6-17-8-13(14,15)16)9-12(21-10)2-4-20-5-3-12/h10,17H,2-9H2,1H3. The molecule has 0 radical (unpaired) electrons. The summed E-state index contributed by atoms with van der Waals surface area (Å²) in [5.41, 5.74) is -0.407. The van der Waals surface area contributed by atoms with Gasteiger partial charge in [-0.05, 0) is 6.92 Å². The maximum absolute atomic E-state index is 12.1. The molecule has 1 atom stereocenters. The number of hydrogen-bond donors (Lipinski definition) is 1. The number of nitrogens with zero attached hydrogens (tertiary/aromatic N) is 1. The van der Waals surface area contributed by atoms with Gasteiger partial charge in [-0.1, -0.05) is 0 Å². The number of ether oxygens (including phenoxy) is 2. The second kappa shape index (κ2) is 6.50. The van der Waals surface area contributed by atoms with E-state index < -0.39 is 18.3 Å². The predicted octanol–water partition coefficient (Wildman–Crippen LogP) is 0.935. The van der Waals surface area contributed by atoms with Crippen molar-refractivity contribution in [3.63, 3.8) is 0 Å². The highest BCUT2D eigenvalue weighted by atomic mass is 19.4. The van der Waals surface area contributed by atoms with Crippen LogP contribution < -0.4 is 5.32 Å². The average Bonchev–Trinajstić information content (AvgIpc) is 2.37. The molecule has 1 spiro atoms. The molecule has 0 aromatic rings. The van der Waals surface area contributed by atoms with Crippen LogP contribution in [0.2, 0.25) is 0 Å². The minimum atomic E-state index is -4.31. The molecule has 5 nitrogen and oxygen atoms in total. The maximum Gasteiger partial charge on any atom is 0.401 e. The van der Waals surface area contributed by atoms with Crippen LogP contribution in [0, 0.1) is 0 Å². The number of carbonyl (C=O) groups is 1. The van der Waals surface area contributed by atoms with E-state index in [1.54, 1.807) is 4.90 Å². The van der Waals surface area contributed by atoms with E-state index in [1.807, 2.05) is 6.92 Å². The van der Waals surface area contributed by atoms with Crippen LogP contribution in [0.5, 0.6) is 0 Å². The van der Waals surface area contributed by atoms with E-state index in [9.17, 15) is 18.0 Å². The molecule has 2 aliphatic heterocycles. The molecule has 21 heavy (non-hydrogen) atoms. The molecule has 0 aliphatic carbocycles. The highest BCUT2D eigenvalue weighted by molar-refractivity contribution is 5.78. The molecule has 1 amide bonds. The molecule has 0 saturated carbocycles. The fourth-order valence-electron chi connectivity index (χ4n) is 2.86. The van der Waals surface area contributed by atoms with Gasteiger partial charge in [0.15, 0.2) is 0 Å². The first kappa shape index (κ1) is 16.5. The molecule has 2 heterocycles. The molecule has 2 saturated heterocycles. The van der Waals surface area contributed by atoms with E-state index in [1.165, 1.54) is 0 Å². The molecule has 0 bridgehead atoms. The normalized spacial score (nSPS) is 26.1. The average molecular weight is 310 g/mol. The summed E-state index contributed by atoms with van der Waals surface area (Å²) in [5.74, 6) is -0.319. The van der Waals surface area contributed by atoms with Crippen molar-refractivity contribution in [1.29, 1.82) is 0 Å². The van der Waals surface area contributed by atoms with Crippen LogP contribution in [0.4, 0.5) is 13.2 Å². The van der Waals surface area contributed by atoms with Crippen LogP contribution in [0.3, 0.4) is 0 Å². The third kappa shape index (κ3) is 4.82. The molecule has 1 unspecified atom stereocenters. The summed E-state index contributed by atoms with van der Waals surface area (Å²) in [7, 11) is 0. The molecular weight excluding hydrogens is 289 g/mol. The summed E-state index contributed by atoms with van der Waals surface area (Å²) >= 11 is 0. The Kier molecular flexibility index (Phi) is 5.11. The number of amides is 1. The molecule has 1 N–H and O–H groups in total. The Bertz CT molecular complexity index is 370. The summed E-state index contributed by atoms with van der Waals surface area (Å²) in [5, 5.41) is 2.15. The first-order valence-corrected chi connectivity index (χ1v) is 7.10. The monoisotopic (exact) mass is 310 g/mol. The van der Waals surface area contributed by atoms with Crippen LogP contribution in [0.15, 0.2) is 0 Å². The van der Waals surface area contributed by atoms with Gasteiger partial charge in [-0.3, -0.25) is 4.79 Å². The fourth-order valence-corrected chi connectivity index (χ4v) is 2.86. The van der Waals surface area contributed by atoms with E-state index in [0.717, 1.165) is 0 Å². The summed E-state index contributed by atoms with van der Waals surface area (Å²) < 4.78 is 47.5.